The van der Waals surface area contributed by atoms with Crippen molar-refractivity contribution in [1.29, 1.82) is 0 Å². The molecule has 23 heavy (non-hydrogen) atoms. The lowest BCUT2D eigenvalue weighted by Gasteiger charge is -2.18. The predicted octanol–water partition coefficient (Wildman–Crippen LogP) is 6.29. The first kappa shape index (κ1) is 18.3. The van der Waals surface area contributed by atoms with Gasteiger partial charge in [-0.1, -0.05) is 49.4 Å². The summed E-state index contributed by atoms with van der Waals surface area (Å²) < 4.78 is 39.0. The number of fused-ring (bicyclic) bond motifs is 2. The van der Waals surface area contributed by atoms with Crippen molar-refractivity contribution in [2.45, 2.75) is 39.3 Å². The fraction of sp³-hybridized carbons (Fsp3) is 0.250. The molecule has 0 radical (unpaired) electrons. The maximum Gasteiger partial charge on any atom is 0.673 e. The van der Waals surface area contributed by atoms with E-state index in [1.54, 1.807) is 9.79 Å². The van der Waals surface area contributed by atoms with Gasteiger partial charge in [0.2, 0.25) is 0 Å². The van der Waals surface area contributed by atoms with Crippen molar-refractivity contribution in [3.05, 3.63) is 48.5 Å². The topological polar surface area (TPSA) is 0 Å². The van der Waals surface area contributed by atoms with Crippen LogP contribution in [-0.4, -0.2) is 13.0 Å². The van der Waals surface area contributed by atoms with E-state index >= 15 is 0 Å². The maximum atomic E-state index is 9.75. The lowest BCUT2D eigenvalue weighted by atomic mass is 10.3. The van der Waals surface area contributed by atoms with Crippen LogP contribution in [-0.2, 0) is 10.9 Å². The molecule has 1 aliphatic heterocycles. The van der Waals surface area contributed by atoms with Gasteiger partial charge in [-0.2, -0.15) is 0 Å². The van der Waals surface area contributed by atoms with Crippen molar-refractivity contribution in [2.75, 3.05) is 5.75 Å². The van der Waals surface area contributed by atoms with E-state index in [2.05, 4.69) is 55.5 Å². The second kappa shape index (κ2) is 8.15. The van der Waals surface area contributed by atoms with E-state index in [4.69, 9.17) is 0 Å². The molecule has 0 amide bonds. The molecular formula is C16H17BF4S2. The lowest BCUT2D eigenvalue weighted by molar-refractivity contribution is 0.368. The Morgan fingerprint density at radius 3 is 1.74 bits per heavy atom. The molecule has 2 aromatic carbocycles. The first-order valence-corrected chi connectivity index (χ1v) is 9.55. The Labute approximate surface area is 141 Å². The van der Waals surface area contributed by atoms with Gasteiger partial charge in [-0.25, -0.2) is 0 Å². The summed E-state index contributed by atoms with van der Waals surface area (Å²) in [5.74, 6) is 1.30. The zero-order chi connectivity index (χ0) is 16.9. The summed E-state index contributed by atoms with van der Waals surface area (Å²) in [6, 6.07) is 17.8. The molecule has 1 aliphatic rings. The van der Waals surface area contributed by atoms with Crippen molar-refractivity contribution >= 4 is 29.9 Å². The van der Waals surface area contributed by atoms with Gasteiger partial charge >= 0.3 is 7.25 Å². The molecule has 0 saturated carbocycles. The summed E-state index contributed by atoms with van der Waals surface area (Å²) in [5, 5.41) is 0. The van der Waals surface area contributed by atoms with Crippen LogP contribution < -0.4 is 0 Å². The standard InChI is InChI=1S/C16H17S2.BF4/c1-2-3-12-18-15-10-6-4-8-13(15)17-14-9-5-7-11-16(14)18;2-1(3,4)5/h4-11H,2-3,12H2,1H3;/q+1;-1. The van der Waals surface area contributed by atoms with Crippen LogP contribution in [0.1, 0.15) is 19.8 Å². The van der Waals surface area contributed by atoms with Crippen molar-refractivity contribution in [3.63, 3.8) is 0 Å². The molecule has 0 bridgehead atoms. The Morgan fingerprint density at radius 1 is 0.870 bits per heavy atom. The minimum atomic E-state index is -6.00. The Bertz CT molecular complexity index is 594. The molecule has 124 valence electrons. The van der Waals surface area contributed by atoms with Gasteiger partial charge in [0.05, 0.1) is 20.7 Å². The number of benzene rings is 2. The third-order valence-corrected chi connectivity index (χ3v) is 7.03. The smallest absolute Gasteiger partial charge is 0.418 e. The zero-order valence-electron chi connectivity index (χ0n) is 12.6. The van der Waals surface area contributed by atoms with Crippen molar-refractivity contribution in [1.82, 2.24) is 0 Å². The van der Waals surface area contributed by atoms with Crippen LogP contribution in [0.25, 0.3) is 0 Å². The van der Waals surface area contributed by atoms with Gasteiger partial charge < -0.3 is 17.3 Å². The fourth-order valence-electron chi connectivity index (χ4n) is 2.22. The number of hydrogen-bond acceptors (Lipinski definition) is 1. The maximum absolute atomic E-state index is 9.75. The van der Waals surface area contributed by atoms with E-state index < -0.39 is 7.25 Å². The molecule has 7 heteroatoms. The summed E-state index contributed by atoms with van der Waals surface area (Å²) in [4.78, 5) is 6.01. The minimum Gasteiger partial charge on any atom is -0.418 e. The van der Waals surface area contributed by atoms with Crippen LogP contribution in [0.3, 0.4) is 0 Å². The highest BCUT2D eigenvalue weighted by atomic mass is 32.2. The first-order valence-electron chi connectivity index (χ1n) is 7.34. The average Bonchev–Trinajstić information content (AvgIpc) is 2.50. The van der Waals surface area contributed by atoms with Gasteiger partial charge in [0.15, 0.2) is 9.79 Å². The Morgan fingerprint density at radius 2 is 1.30 bits per heavy atom. The Hall–Kier alpha value is -1.08. The first-order chi connectivity index (χ1) is 10.9. The summed E-state index contributed by atoms with van der Waals surface area (Å²) >= 11 is 1.93. The normalized spacial score (nSPS) is 13.6. The van der Waals surface area contributed by atoms with E-state index in [1.807, 2.05) is 11.8 Å². The molecular weight excluding hydrogens is 343 g/mol. The Balaban J connectivity index is 0.000000338. The second-order valence-electron chi connectivity index (χ2n) is 4.94. The fourth-order valence-corrected chi connectivity index (χ4v) is 6.30. The van der Waals surface area contributed by atoms with Gasteiger partial charge in [0, 0.05) is 0 Å². The molecule has 0 atom stereocenters. The van der Waals surface area contributed by atoms with Crippen LogP contribution in [0.2, 0.25) is 0 Å². The van der Waals surface area contributed by atoms with E-state index in [1.165, 1.54) is 28.4 Å². The molecule has 1 heterocycles. The third kappa shape index (κ3) is 5.50. The third-order valence-electron chi connectivity index (χ3n) is 3.15. The monoisotopic (exact) mass is 360 g/mol. The average molecular weight is 360 g/mol. The number of hydrogen-bond donors (Lipinski definition) is 0. The molecule has 0 spiro atoms. The molecule has 0 aliphatic carbocycles. The molecule has 3 rings (SSSR count). The molecule has 0 nitrogen and oxygen atoms in total. The van der Waals surface area contributed by atoms with Crippen LogP contribution in [0.4, 0.5) is 17.3 Å². The van der Waals surface area contributed by atoms with Gasteiger partial charge in [0.1, 0.15) is 5.75 Å². The Kier molecular flexibility index (Phi) is 6.47. The molecule has 2 aromatic rings. The van der Waals surface area contributed by atoms with Gasteiger partial charge in [-0.05, 0) is 30.7 Å². The molecule has 0 unspecified atom stereocenters. The van der Waals surface area contributed by atoms with Crippen LogP contribution in [0, 0.1) is 0 Å². The van der Waals surface area contributed by atoms with Crippen molar-refractivity contribution < 1.29 is 17.3 Å². The minimum absolute atomic E-state index is 0.285. The van der Waals surface area contributed by atoms with E-state index in [0.29, 0.717) is 0 Å². The summed E-state index contributed by atoms with van der Waals surface area (Å²) in [7, 11) is -5.72. The highest BCUT2D eigenvalue weighted by Crippen LogP contribution is 2.45. The largest absolute Gasteiger partial charge is 0.673 e. The lowest BCUT2D eigenvalue weighted by Crippen LogP contribution is -2.14. The van der Waals surface area contributed by atoms with E-state index in [0.717, 1.165) is 0 Å². The van der Waals surface area contributed by atoms with Crippen molar-refractivity contribution in [2.24, 2.45) is 0 Å². The number of rotatable bonds is 3. The SMILES string of the molecule is CCCC[S+]1c2ccccc2Sc2ccccc21.F[B-](F)(F)F. The van der Waals surface area contributed by atoms with Crippen molar-refractivity contribution in [3.8, 4) is 0 Å². The predicted molar refractivity (Wildman–Crippen MR) is 90.9 cm³/mol. The highest BCUT2D eigenvalue weighted by molar-refractivity contribution is 8.04. The number of halogens is 4. The quantitative estimate of drug-likeness (QED) is 0.352. The van der Waals surface area contributed by atoms with E-state index in [-0.39, 0.29) is 10.9 Å². The van der Waals surface area contributed by atoms with Crippen LogP contribution in [0.5, 0.6) is 0 Å². The van der Waals surface area contributed by atoms with Crippen LogP contribution in [0.15, 0.2) is 68.1 Å². The summed E-state index contributed by atoms with van der Waals surface area (Å²) in [6.45, 7) is 2.28. The van der Waals surface area contributed by atoms with Crippen LogP contribution >= 0.6 is 11.8 Å². The molecule has 0 fully saturated rings. The highest BCUT2D eigenvalue weighted by Gasteiger charge is 2.34. The van der Waals surface area contributed by atoms with Gasteiger partial charge in [0.25, 0.3) is 0 Å². The zero-order valence-corrected chi connectivity index (χ0v) is 14.3. The molecule has 0 N–H and O–H groups in total. The number of unbranched alkanes of at least 4 members (excludes halogenated alkanes) is 1. The van der Waals surface area contributed by atoms with Gasteiger partial charge in [-0.3, -0.25) is 0 Å². The van der Waals surface area contributed by atoms with Gasteiger partial charge in [-0.15, -0.1) is 0 Å². The van der Waals surface area contributed by atoms with E-state index in [9.17, 15) is 17.3 Å². The summed E-state index contributed by atoms with van der Waals surface area (Å²) in [6.07, 6.45) is 2.59. The molecule has 0 saturated heterocycles. The second-order valence-corrected chi connectivity index (χ2v) is 8.09. The molecule has 0 aromatic heterocycles. The summed E-state index contributed by atoms with van der Waals surface area (Å²) in [5.41, 5.74) is 0.